The van der Waals surface area contributed by atoms with E-state index in [1.165, 1.54) is 31.2 Å². The Labute approximate surface area is 168 Å². The van der Waals surface area contributed by atoms with Crippen molar-refractivity contribution in [3.8, 4) is 0 Å². The lowest BCUT2D eigenvalue weighted by atomic mass is 9.91. The number of rotatable bonds is 7. The van der Waals surface area contributed by atoms with Gasteiger partial charge in [-0.2, -0.15) is 0 Å². The molecule has 0 saturated carbocycles. The van der Waals surface area contributed by atoms with Crippen molar-refractivity contribution < 1.29 is 19.1 Å². The van der Waals surface area contributed by atoms with E-state index in [1.807, 2.05) is 0 Å². The maximum absolute atomic E-state index is 12.9. The quantitative estimate of drug-likeness (QED) is 0.545. The number of carbonyl (C=O) groups is 2. The molecule has 28 heavy (non-hydrogen) atoms. The van der Waals surface area contributed by atoms with Crippen LogP contribution in [0.2, 0.25) is 5.02 Å². The molecule has 0 spiro atoms. The van der Waals surface area contributed by atoms with Crippen molar-refractivity contribution in [3.05, 3.63) is 75.3 Å². The lowest BCUT2D eigenvalue weighted by Crippen LogP contribution is -2.40. The monoisotopic (exact) mass is 402 g/mol. The highest BCUT2D eigenvalue weighted by atomic mass is 35.5. The molecule has 5 nitrogen and oxygen atoms in total. The fourth-order valence-electron chi connectivity index (χ4n) is 2.77. The molecule has 2 aromatic rings. The average Bonchev–Trinajstić information content (AvgIpc) is 2.67. The predicted octanol–water partition coefficient (Wildman–Crippen LogP) is 3.88. The number of carbonyl (C=O) groups excluding carboxylic acids is 2. The number of nitrogens with one attached hydrogen (secondary N) is 1. The predicted molar refractivity (Wildman–Crippen MR) is 105 cm³/mol. The first-order valence-corrected chi connectivity index (χ1v) is 9.02. The van der Waals surface area contributed by atoms with Gasteiger partial charge in [-0.05, 0) is 55.7 Å². The molecule has 0 saturated heterocycles. The molecule has 0 aromatic heterocycles. The molecule has 0 unspecified atom stereocenters. The van der Waals surface area contributed by atoms with E-state index in [9.17, 15) is 19.1 Å². The summed E-state index contributed by atoms with van der Waals surface area (Å²) in [5.41, 5.74) is 2.03. The summed E-state index contributed by atoms with van der Waals surface area (Å²) in [6, 6.07) is 8.33. The van der Waals surface area contributed by atoms with E-state index in [-0.39, 0.29) is 24.3 Å². The van der Waals surface area contributed by atoms with Crippen LogP contribution >= 0.6 is 11.6 Å². The molecule has 0 aliphatic heterocycles. The maximum Gasteiger partial charge on any atom is 0.226 e. The van der Waals surface area contributed by atoms with Gasteiger partial charge in [0.25, 0.3) is 0 Å². The van der Waals surface area contributed by atoms with Gasteiger partial charge in [-0.15, -0.1) is 0 Å². The van der Waals surface area contributed by atoms with E-state index < -0.39 is 23.7 Å². The van der Waals surface area contributed by atoms with Crippen LogP contribution in [0.15, 0.2) is 36.4 Å². The fourth-order valence-corrected chi connectivity index (χ4v) is 3.00. The number of hydrogen-bond acceptors (Lipinski definition) is 3. The van der Waals surface area contributed by atoms with Gasteiger partial charge in [0.1, 0.15) is 5.82 Å². The van der Waals surface area contributed by atoms with Crippen molar-refractivity contribution in [3.63, 3.8) is 0 Å². The molecule has 2 rings (SSSR count). The number of ketones is 1. The van der Waals surface area contributed by atoms with Crippen molar-refractivity contribution in [2.75, 3.05) is 6.54 Å². The summed E-state index contributed by atoms with van der Waals surface area (Å²) >= 11 is 6.17. The highest BCUT2D eigenvalue weighted by Gasteiger charge is 2.25. The van der Waals surface area contributed by atoms with Crippen molar-refractivity contribution in [1.82, 2.24) is 5.32 Å². The van der Waals surface area contributed by atoms with Crippen LogP contribution < -0.4 is 5.32 Å². The molecule has 0 bridgehead atoms. The van der Waals surface area contributed by atoms with Crippen molar-refractivity contribution in [2.45, 2.75) is 26.4 Å². The third-order valence-corrected chi connectivity index (χ3v) is 5.02. The Bertz CT molecular complexity index is 920. The molecule has 2 atom stereocenters. The second-order valence-electron chi connectivity index (χ2n) is 6.49. The minimum Gasteiger partial charge on any atom is -0.393 e. The van der Waals surface area contributed by atoms with Gasteiger partial charge in [-0.3, -0.25) is 9.59 Å². The standard InChI is InChI=1S/C21H20ClFN2O3/c1-12-15(6-9-18(24-3)20(12)22)10-17(13(2)26)21(28)25-11-19(27)14-4-7-16(23)8-5-14/h4-9,13,17,26H,10-11H2,1-2H3,(H,25,28)/t13-,17-/m1/s1. The van der Waals surface area contributed by atoms with Crippen LogP contribution in [-0.4, -0.2) is 29.4 Å². The first-order chi connectivity index (χ1) is 13.2. The first-order valence-electron chi connectivity index (χ1n) is 8.64. The van der Waals surface area contributed by atoms with Crippen LogP contribution in [-0.2, 0) is 11.2 Å². The van der Waals surface area contributed by atoms with Gasteiger partial charge in [0.15, 0.2) is 5.78 Å². The SMILES string of the molecule is [C-]#[N+]c1ccc(C[C@@H](C(=O)NCC(=O)c2ccc(F)cc2)[C@@H](C)O)c(C)c1Cl. The molecular formula is C21H20ClFN2O3. The third kappa shape index (κ3) is 5.16. The van der Waals surface area contributed by atoms with E-state index in [0.717, 1.165) is 5.56 Å². The first kappa shape index (κ1) is 21.5. The number of aliphatic hydroxyl groups excluding tert-OH is 1. The summed E-state index contributed by atoms with van der Waals surface area (Å²) in [5.74, 6) is -2.09. The Morgan fingerprint density at radius 2 is 1.89 bits per heavy atom. The van der Waals surface area contributed by atoms with Crippen LogP contribution in [0.4, 0.5) is 10.1 Å². The molecule has 1 amide bonds. The Balaban J connectivity index is 2.08. The number of aliphatic hydroxyl groups is 1. The van der Waals surface area contributed by atoms with E-state index >= 15 is 0 Å². The van der Waals surface area contributed by atoms with Crippen molar-refractivity contribution >= 4 is 29.0 Å². The van der Waals surface area contributed by atoms with Gasteiger partial charge < -0.3 is 10.4 Å². The van der Waals surface area contributed by atoms with E-state index in [1.54, 1.807) is 19.1 Å². The fraction of sp³-hybridized carbons (Fsp3) is 0.286. The summed E-state index contributed by atoms with van der Waals surface area (Å²) in [6.45, 7) is 10.1. The molecule has 0 fully saturated rings. The molecule has 0 aliphatic carbocycles. The highest BCUT2D eigenvalue weighted by Crippen LogP contribution is 2.31. The summed E-state index contributed by atoms with van der Waals surface area (Å²) in [6.07, 6.45) is -0.752. The second-order valence-corrected chi connectivity index (χ2v) is 6.87. The summed E-state index contributed by atoms with van der Waals surface area (Å²) in [4.78, 5) is 28.0. The summed E-state index contributed by atoms with van der Waals surface area (Å²) in [7, 11) is 0. The minimum absolute atomic E-state index is 0.206. The van der Waals surface area contributed by atoms with E-state index in [2.05, 4.69) is 10.2 Å². The van der Waals surface area contributed by atoms with Crippen LogP contribution in [0.25, 0.3) is 4.85 Å². The lowest BCUT2D eigenvalue weighted by Gasteiger charge is -2.21. The molecule has 0 aliphatic rings. The topological polar surface area (TPSA) is 70.8 Å². The van der Waals surface area contributed by atoms with Crippen molar-refractivity contribution in [1.29, 1.82) is 0 Å². The van der Waals surface area contributed by atoms with Crippen LogP contribution in [0, 0.1) is 25.2 Å². The van der Waals surface area contributed by atoms with Crippen LogP contribution in [0.1, 0.15) is 28.4 Å². The van der Waals surface area contributed by atoms with Crippen LogP contribution in [0.5, 0.6) is 0 Å². The molecular weight excluding hydrogens is 383 g/mol. The molecule has 7 heteroatoms. The molecule has 146 valence electrons. The third-order valence-electron chi connectivity index (χ3n) is 4.55. The number of nitrogens with zero attached hydrogens (tertiary/aromatic N) is 1. The minimum atomic E-state index is -0.959. The number of halogens is 2. The Morgan fingerprint density at radius 1 is 1.25 bits per heavy atom. The molecule has 0 heterocycles. The van der Waals surface area contributed by atoms with E-state index in [4.69, 9.17) is 18.2 Å². The van der Waals surface area contributed by atoms with Gasteiger partial charge >= 0.3 is 0 Å². The van der Waals surface area contributed by atoms with Crippen molar-refractivity contribution in [2.24, 2.45) is 5.92 Å². The summed E-state index contributed by atoms with van der Waals surface area (Å²) in [5, 5.41) is 12.9. The molecule has 0 radical (unpaired) electrons. The van der Waals surface area contributed by atoms with Gasteiger partial charge in [-0.25, -0.2) is 9.24 Å². The number of amides is 1. The van der Waals surface area contributed by atoms with Gasteiger partial charge in [0.2, 0.25) is 11.6 Å². The zero-order valence-corrected chi connectivity index (χ0v) is 16.3. The Hall–Kier alpha value is -2.75. The number of hydrogen-bond donors (Lipinski definition) is 2. The average molecular weight is 403 g/mol. The van der Waals surface area contributed by atoms with E-state index in [0.29, 0.717) is 16.3 Å². The maximum atomic E-state index is 12.9. The number of Topliss-reactive ketones (excluding diaryl/α,β-unsaturated/α-hetero) is 1. The Morgan fingerprint density at radius 3 is 2.46 bits per heavy atom. The van der Waals surface area contributed by atoms with Gasteiger partial charge in [-0.1, -0.05) is 23.7 Å². The zero-order valence-electron chi connectivity index (χ0n) is 15.5. The second kappa shape index (κ2) is 9.45. The Kier molecular flexibility index (Phi) is 7.27. The molecule has 2 aromatic carbocycles. The smallest absolute Gasteiger partial charge is 0.226 e. The van der Waals surface area contributed by atoms with Gasteiger partial charge in [0, 0.05) is 5.56 Å². The highest BCUT2D eigenvalue weighted by molar-refractivity contribution is 6.34. The normalized spacial score (nSPS) is 12.7. The summed E-state index contributed by atoms with van der Waals surface area (Å²) < 4.78 is 12.9. The zero-order chi connectivity index (χ0) is 20.8. The largest absolute Gasteiger partial charge is 0.393 e. The molecule has 2 N–H and O–H groups in total. The van der Waals surface area contributed by atoms with Crippen LogP contribution in [0.3, 0.4) is 0 Å². The lowest BCUT2D eigenvalue weighted by molar-refractivity contribution is -0.127. The van der Waals surface area contributed by atoms with Gasteiger partial charge in [0.05, 0.1) is 30.2 Å². The number of benzene rings is 2.